The van der Waals surface area contributed by atoms with Gasteiger partial charge in [-0.3, -0.25) is 4.79 Å². The lowest BCUT2D eigenvalue weighted by Gasteiger charge is -2.41. The van der Waals surface area contributed by atoms with E-state index in [2.05, 4.69) is 22.5 Å². The number of benzene rings is 1. The molecule has 0 radical (unpaired) electrons. The molecule has 36 heavy (non-hydrogen) atoms. The third kappa shape index (κ3) is 6.24. The largest absolute Gasteiger partial charge is 0.491 e. The SMILES string of the molecule is CNCC(O)COc1cccc(-c2nc(N[C@@H]3CCOC3)c(C)c(N3CCN(C(C)=O)C[C@H]3C)n2)c1. The smallest absolute Gasteiger partial charge is 0.219 e. The topological polar surface area (TPSA) is 112 Å². The Kier molecular flexibility index (Phi) is 8.60. The number of amides is 1. The summed E-state index contributed by atoms with van der Waals surface area (Å²) in [5.74, 6) is 3.01. The average Bonchev–Trinajstić information content (AvgIpc) is 3.38. The second-order valence-corrected chi connectivity index (χ2v) is 9.61. The lowest BCUT2D eigenvalue weighted by molar-refractivity contribution is -0.129. The Morgan fingerprint density at radius 1 is 1.33 bits per heavy atom. The van der Waals surface area contributed by atoms with Crippen LogP contribution in [0.25, 0.3) is 11.4 Å². The summed E-state index contributed by atoms with van der Waals surface area (Å²) in [5.41, 5.74) is 1.81. The van der Waals surface area contributed by atoms with E-state index in [0.29, 0.717) is 44.4 Å². The zero-order valence-corrected chi connectivity index (χ0v) is 21.7. The van der Waals surface area contributed by atoms with E-state index in [1.54, 1.807) is 14.0 Å². The third-order valence-electron chi connectivity index (χ3n) is 6.71. The molecule has 10 heteroatoms. The number of hydrogen-bond acceptors (Lipinski definition) is 9. The number of piperazine rings is 1. The average molecular weight is 499 g/mol. The van der Waals surface area contributed by atoms with Gasteiger partial charge in [0.15, 0.2) is 5.82 Å². The van der Waals surface area contributed by atoms with Gasteiger partial charge in [0.2, 0.25) is 5.91 Å². The van der Waals surface area contributed by atoms with Crippen LogP contribution in [0.3, 0.4) is 0 Å². The molecule has 0 spiro atoms. The van der Waals surface area contributed by atoms with E-state index in [9.17, 15) is 9.90 Å². The minimum atomic E-state index is -0.597. The molecule has 2 aliphatic heterocycles. The molecule has 1 aromatic carbocycles. The van der Waals surface area contributed by atoms with Crippen LogP contribution in [0, 0.1) is 6.92 Å². The van der Waals surface area contributed by atoms with E-state index in [1.165, 1.54) is 0 Å². The molecule has 4 rings (SSSR count). The molecule has 2 fully saturated rings. The number of aliphatic hydroxyl groups is 1. The van der Waals surface area contributed by atoms with Gasteiger partial charge in [-0.25, -0.2) is 9.97 Å². The summed E-state index contributed by atoms with van der Waals surface area (Å²) in [6.07, 6.45) is 0.334. The van der Waals surface area contributed by atoms with E-state index < -0.39 is 6.10 Å². The summed E-state index contributed by atoms with van der Waals surface area (Å²) in [4.78, 5) is 26.0. The van der Waals surface area contributed by atoms with Gasteiger partial charge in [-0.2, -0.15) is 0 Å². The summed E-state index contributed by atoms with van der Waals surface area (Å²) in [6.45, 7) is 9.86. The van der Waals surface area contributed by atoms with Gasteiger partial charge < -0.3 is 35.0 Å². The molecule has 3 atom stereocenters. The number of carbonyl (C=O) groups excluding carboxylic acids is 1. The molecule has 2 saturated heterocycles. The highest BCUT2D eigenvalue weighted by Crippen LogP contribution is 2.32. The first-order valence-corrected chi connectivity index (χ1v) is 12.7. The first kappa shape index (κ1) is 26.1. The van der Waals surface area contributed by atoms with Crippen molar-refractivity contribution in [2.24, 2.45) is 0 Å². The molecule has 0 aliphatic carbocycles. The van der Waals surface area contributed by atoms with E-state index in [0.717, 1.165) is 35.8 Å². The van der Waals surface area contributed by atoms with Crippen molar-refractivity contribution in [3.8, 4) is 17.1 Å². The van der Waals surface area contributed by atoms with E-state index >= 15 is 0 Å². The highest BCUT2D eigenvalue weighted by Gasteiger charge is 2.29. The van der Waals surface area contributed by atoms with Crippen LogP contribution in [0.15, 0.2) is 24.3 Å². The second kappa shape index (κ2) is 11.9. The van der Waals surface area contributed by atoms with Crippen LogP contribution in [0.4, 0.5) is 11.6 Å². The van der Waals surface area contributed by atoms with Gasteiger partial charge in [-0.15, -0.1) is 0 Å². The second-order valence-electron chi connectivity index (χ2n) is 9.61. The van der Waals surface area contributed by atoms with Crippen LogP contribution < -0.4 is 20.3 Å². The van der Waals surface area contributed by atoms with E-state index in [-0.39, 0.29) is 24.6 Å². The Balaban J connectivity index is 1.65. The highest BCUT2D eigenvalue weighted by molar-refractivity contribution is 5.74. The van der Waals surface area contributed by atoms with Gasteiger partial charge in [0.25, 0.3) is 0 Å². The Bertz CT molecular complexity index is 1050. The van der Waals surface area contributed by atoms with Crippen LogP contribution >= 0.6 is 0 Å². The van der Waals surface area contributed by atoms with E-state index in [1.807, 2.05) is 36.1 Å². The number of carbonyl (C=O) groups is 1. The summed E-state index contributed by atoms with van der Waals surface area (Å²) in [6, 6.07) is 7.96. The number of likely N-dealkylation sites (N-methyl/N-ethyl adjacent to an activating group) is 1. The molecule has 2 aromatic rings. The first-order valence-electron chi connectivity index (χ1n) is 12.7. The van der Waals surface area contributed by atoms with Crippen molar-refractivity contribution < 1.29 is 19.4 Å². The van der Waals surface area contributed by atoms with Crippen molar-refractivity contribution in [2.75, 3.05) is 63.3 Å². The fraction of sp³-hybridized carbons (Fsp3) is 0.577. The number of ether oxygens (including phenoxy) is 2. The standard InChI is InChI=1S/C26H38N6O4/c1-17-14-31(19(3)33)9-10-32(17)26-18(2)24(28-21-8-11-35-15-21)29-25(30-26)20-6-5-7-23(12-20)36-16-22(34)13-27-4/h5-7,12,17,21-22,27,34H,8-11,13-16H2,1-4H3,(H,28,29,30)/t17-,21-,22?/m1/s1. The highest BCUT2D eigenvalue weighted by atomic mass is 16.5. The fourth-order valence-corrected chi connectivity index (χ4v) is 4.67. The first-order chi connectivity index (χ1) is 17.4. The Morgan fingerprint density at radius 3 is 2.86 bits per heavy atom. The molecule has 0 bridgehead atoms. The summed E-state index contributed by atoms with van der Waals surface area (Å²) in [5, 5.41) is 16.5. The van der Waals surface area contributed by atoms with Gasteiger partial charge in [-0.1, -0.05) is 12.1 Å². The Morgan fingerprint density at radius 2 is 2.17 bits per heavy atom. The summed E-state index contributed by atoms with van der Waals surface area (Å²) in [7, 11) is 1.79. The summed E-state index contributed by atoms with van der Waals surface area (Å²) >= 11 is 0. The Labute approximate surface area is 213 Å². The quantitative estimate of drug-likeness (QED) is 0.475. The van der Waals surface area contributed by atoms with Crippen LogP contribution in [-0.2, 0) is 9.53 Å². The molecule has 1 aromatic heterocycles. The summed E-state index contributed by atoms with van der Waals surface area (Å²) < 4.78 is 11.4. The van der Waals surface area contributed by atoms with Gasteiger partial charge in [0.05, 0.1) is 12.6 Å². The molecule has 1 amide bonds. The number of rotatable bonds is 9. The van der Waals surface area contributed by atoms with Gasteiger partial charge in [0, 0.05) is 56.9 Å². The maximum Gasteiger partial charge on any atom is 0.219 e. The number of aliphatic hydroxyl groups excluding tert-OH is 1. The van der Waals surface area contributed by atoms with Gasteiger partial charge in [-0.05, 0) is 39.4 Å². The van der Waals surface area contributed by atoms with Gasteiger partial charge in [0.1, 0.15) is 30.1 Å². The fourth-order valence-electron chi connectivity index (χ4n) is 4.67. The number of nitrogens with zero attached hydrogens (tertiary/aromatic N) is 4. The molecule has 3 N–H and O–H groups in total. The predicted molar refractivity (Wildman–Crippen MR) is 140 cm³/mol. The zero-order chi connectivity index (χ0) is 25.7. The molecule has 0 saturated carbocycles. The van der Waals surface area contributed by atoms with Crippen LogP contribution in [-0.4, -0.2) is 97.1 Å². The molecular formula is C26H38N6O4. The number of aromatic nitrogens is 2. The van der Waals surface area contributed by atoms with Gasteiger partial charge >= 0.3 is 0 Å². The monoisotopic (exact) mass is 498 g/mol. The van der Waals surface area contributed by atoms with Crippen molar-refractivity contribution in [1.82, 2.24) is 20.2 Å². The molecular weight excluding hydrogens is 460 g/mol. The lowest BCUT2D eigenvalue weighted by Crippen LogP contribution is -2.53. The molecule has 1 unspecified atom stereocenters. The maximum atomic E-state index is 11.9. The predicted octanol–water partition coefficient (Wildman–Crippen LogP) is 1.67. The number of nitrogens with one attached hydrogen (secondary N) is 2. The van der Waals surface area contributed by atoms with Crippen molar-refractivity contribution in [3.05, 3.63) is 29.8 Å². The normalized spacial score (nSPS) is 20.9. The van der Waals surface area contributed by atoms with Crippen molar-refractivity contribution in [3.63, 3.8) is 0 Å². The van der Waals surface area contributed by atoms with E-state index in [4.69, 9.17) is 19.4 Å². The molecule has 10 nitrogen and oxygen atoms in total. The lowest BCUT2D eigenvalue weighted by atomic mass is 10.1. The number of anilines is 2. The van der Waals surface area contributed by atoms with Crippen molar-refractivity contribution in [2.45, 2.75) is 45.4 Å². The molecule has 2 aliphatic rings. The Hall–Kier alpha value is -2.95. The molecule has 3 heterocycles. The van der Waals surface area contributed by atoms with Crippen molar-refractivity contribution >= 4 is 17.5 Å². The van der Waals surface area contributed by atoms with Crippen LogP contribution in [0.1, 0.15) is 25.8 Å². The zero-order valence-electron chi connectivity index (χ0n) is 21.7. The number of hydrogen-bond donors (Lipinski definition) is 3. The van der Waals surface area contributed by atoms with Crippen LogP contribution in [0.5, 0.6) is 5.75 Å². The van der Waals surface area contributed by atoms with Crippen LogP contribution in [0.2, 0.25) is 0 Å². The third-order valence-corrected chi connectivity index (χ3v) is 6.71. The molecule has 196 valence electrons. The minimum Gasteiger partial charge on any atom is -0.491 e. The minimum absolute atomic E-state index is 0.0989. The maximum absolute atomic E-state index is 11.9. The van der Waals surface area contributed by atoms with Crippen molar-refractivity contribution in [1.29, 1.82) is 0 Å².